The van der Waals surface area contributed by atoms with Crippen LogP contribution in [0.2, 0.25) is 5.02 Å². The summed E-state index contributed by atoms with van der Waals surface area (Å²) in [6, 6.07) is 13.0. The van der Waals surface area contributed by atoms with Gasteiger partial charge in [0, 0.05) is 22.8 Å². The van der Waals surface area contributed by atoms with Gasteiger partial charge in [-0.15, -0.1) is 0 Å². The molecule has 0 atom stereocenters. The lowest BCUT2D eigenvalue weighted by Crippen LogP contribution is -2.18. The van der Waals surface area contributed by atoms with Crippen LogP contribution in [-0.4, -0.2) is 19.8 Å². The molecule has 1 heterocycles. The number of hydrogen-bond acceptors (Lipinski definition) is 5. The Labute approximate surface area is 164 Å². The number of anilines is 2. The number of hydrogen-bond donors (Lipinski definition) is 2. The molecule has 3 aromatic rings. The highest BCUT2D eigenvalue weighted by Gasteiger charge is 2.06. The topological polar surface area (TPSA) is 94.3 Å². The number of nitrogens with one attached hydrogen (secondary N) is 2. The fourth-order valence-corrected chi connectivity index (χ4v) is 2.57. The zero-order valence-electron chi connectivity index (χ0n) is 13.8. The predicted octanol–water partition coefficient (Wildman–Crippen LogP) is 4.29. The lowest BCUT2D eigenvalue weighted by atomic mass is 10.3. The van der Waals surface area contributed by atoms with E-state index in [0.29, 0.717) is 27.3 Å². The molecule has 0 aliphatic rings. The maximum Gasteiger partial charge on any atom is 0.269 e. The van der Waals surface area contributed by atoms with E-state index in [4.69, 9.17) is 28.6 Å². The van der Waals surface area contributed by atoms with Crippen molar-refractivity contribution in [1.82, 2.24) is 9.78 Å². The van der Waals surface area contributed by atoms with Gasteiger partial charge in [-0.25, -0.2) is 4.68 Å². The van der Waals surface area contributed by atoms with E-state index in [1.165, 1.54) is 12.1 Å². The minimum atomic E-state index is -0.458. The fraction of sp³-hybridized carbons (Fsp3) is 0.0588. The van der Waals surface area contributed by atoms with Crippen molar-refractivity contribution >= 4 is 46.0 Å². The fourth-order valence-electron chi connectivity index (χ4n) is 2.16. The van der Waals surface area contributed by atoms with Crippen molar-refractivity contribution < 1.29 is 9.66 Å². The van der Waals surface area contributed by atoms with Gasteiger partial charge in [-0.1, -0.05) is 17.7 Å². The molecule has 0 saturated heterocycles. The Morgan fingerprint density at radius 3 is 2.67 bits per heavy atom. The predicted molar refractivity (Wildman–Crippen MR) is 107 cm³/mol. The molecule has 8 nitrogen and oxygen atoms in total. The van der Waals surface area contributed by atoms with Crippen molar-refractivity contribution in [2.45, 2.75) is 6.73 Å². The molecule has 27 heavy (non-hydrogen) atoms. The van der Waals surface area contributed by atoms with Crippen molar-refractivity contribution in [2.24, 2.45) is 0 Å². The molecule has 1 aromatic heterocycles. The lowest BCUT2D eigenvalue weighted by molar-refractivity contribution is -0.384. The summed E-state index contributed by atoms with van der Waals surface area (Å²) < 4.78 is 7.20. The zero-order chi connectivity index (χ0) is 19.2. The summed E-state index contributed by atoms with van der Waals surface area (Å²) in [6.45, 7) is 0.213. The second-order valence-corrected chi connectivity index (χ2v) is 6.23. The number of aromatic nitrogens is 2. The third-order valence-electron chi connectivity index (χ3n) is 3.39. The van der Waals surface area contributed by atoms with Gasteiger partial charge in [-0.2, -0.15) is 5.10 Å². The Balaban J connectivity index is 1.52. The smallest absolute Gasteiger partial charge is 0.269 e. The van der Waals surface area contributed by atoms with Gasteiger partial charge >= 0.3 is 0 Å². The van der Waals surface area contributed by atoms with Crippen molar-refractivity contribution in [1.29, 1.82) is 0 Å². The van der Waals surface area contributed by atoms with Gasteiger partial charge in [-0.05, 0) is 42.5 Å². The van der Waals surface area contributed by atoms with Gasteiger partial charge in [-0.3, -0.25) is 10.1 Å². The second-order valence-electron chi connectivity index (χ2n) is 5.38. The number of nitrogens with zero attached hydrogens (tertiary/aromatic N) is 3. The average molecular weight is 404 g/mol. The number of thiocarbonyl (C=S) groups is 1. The summed E-state index contributed by atoms with van der Waals surface area (Å²) >= 11 is 11.1. The molecular formula is C17H14ClN5O3S. The molecule has 2 aromatic carbocycles. The molecule has 2 N–H and O–H groups in total. The van der Waals surface area contributed by atoms with Crippen LogP contribution in [0, 0.1) is 10.1 Å². The monoisotopic (exact) mass is 403 g/mol. The highest BCUT2D eigenvalue weighted by molar-refractivity contribution is 7.80. The van der Waals surface area contributed by atoms with Crippen molar-refractivity contribution in [3.05, 3.63) is 76.1 Å². The first-order chi connectivity index (χ1) is 13.0. The lowest BCUT2D eigenvalue weighted by Gasteiger charge is -2.09. The van der Waals surface area contributed by atoms with Gasteiger partial charge in [0.15, 0.2) is 11.8 Å². The third-order valence-corrected chi connectivity index (χ3v) is 3.83. The molecule has 0 unspecified atom stereocenters. The van der Waals surface area contributed by atoms with E-state index >= 15 is 0 Å². The van der Waals surface area contributed by atoms with Crippen molar-refractivity contribution in [2.75, 3.05) is 10.6 Å². The molecule has 0 aliphatic heterocycles. The number of nitro groups is 1. The quantitative estimate of drug-likeness (QED) is 0.360. The number of rotatable bonds is 6. The Kier molecular flexibility index (Phi) is 5.84. The molecule has 0 amide bonds. The molecule has 0 fully saturated rings. The summed E-state index contributed by atoms with van der Waals surface area (Å²) in [7, 11) is 0. The summed E-state index contributed by atoms with van der Waals surface area (Å²) in [5.41, 5.74) is 1.32. The highest BCUT2D eigenvalue weighted by Crippen LogP contribution is 2.18. The minimum Gasteiger partial charge on any atom is -0.471 e. The Morgan fingerprint density at radius 1 is 1.22 bits per heavy atom. The molecule has 0 radical (unpaired) electrons. The van der Waals surface area contributed by atoms with E-state index in [2.05, 4.69) is 15.7 Å². The molecule has 0 saturated carbocycles. The van der Waals surface area contributed by atoms with Gasteiger partial charge < -0.3 is 15.4 Å². The SMILES string of the molecule is O=[N+]([O-])c1ccc(NC(=S)Nc2cnn(COc3cccc(Cl)c3)c2)cc1. The maximum atomic E-state index is 10.7. The van der Waals surface area contributed by atoms with Crippen LogP contribution < -0.4 is 15.4 Å². The largest absolute Gasteiger partial charge is 0.471 e. The van der Waals surface area contributed by atoms with Gasteiger partial charge in [0.05, 0.1) is 23.0 Å². The van der Waals surface area contributed by atoms with Crippen molar-refractivity contribution in [3.63, 3.8) is 0 Å². The van der Waals surface area contributed by atoms with Crippen LogP contribution in [-0.2, 0) is 6.73 Å². The maximum absolute atomic E-state index is 10.7. The van der Waals surface area contributed by atoms with E-state index in [0.717, 1.165) is 0 Å². The first kappa shape index (κ1) is 18.6. The van der Waals surface area contributed by atoms with E-state index in [-0.39, 0.29) is 12.4 Å². The van der Waals surface area contributed by atoms with Crippen LogP contribution in [0.15, 0.2) is 60.9 Å². The number of non-ortho nitro benzene ring substituents is 1. The van der Waals surface area contributed by atoms with Crippen LogP contribution >= 0.6 is 23.8 Å². The van der Waals surface area contributed by atoms with Gasteiger partial charge in [0.1, 0.15) is 5.75 Å². The van der Waals surface area contributed by atoms with Gasteiger partial charge in [0.25, 0.3) is 5.69 Å². The van der Waals surface area contributed by atoms with Crippen LogP contribution in [0.25, 0.3) is 0 Å². The number of benzene rings is 2. The minimum absolute atomic E-state index is 0.0143. The Hall–Kier alpha value is -3.17. The zero-order valence-corrected chi connectivity index (χ0v) is 15.4. The van der Waals surface area contributed by atoms with Crippen LogP contribution in [0.4, 0.5) is 17.1 Å². The summed E-state index contributed by atoms with van der Waals surface area (Å²) in [5.74, 6) is 0.642. The van der Waals surface area contributed by atoms with E-state index in [9.17, 15) is 10.1 Å². The number of ether oxygens (including phenoxy) is 1. The number of nitro benzene ring substituents is 1. The first-order valence-corrected chi connectivity index (χ1v) is 8.51. The number of halogens is 1. The summed E-state index contributed by atoms with van der Waals surface area (Å²) in [5, 5.41) is 21.7. The molecule has 0 aliphatic carbocycles. The van der Waals surface area contributed by atoms with Crippen molar-refractivity contribution in [3.8, 4) is 5.75 Å². The van der Waals surface area contributed by atoms with Crippen LogP contribution in [0.3, 0.4) is 0 Å². The summed E-state index contributed by atoms with van der Waals surface area (Å²) in [6.07, 6.45) is 3.33. The van der Waals surface area contributed by atoms with Gasteiger partial charge in [0.2, 0.25) is 0 Å². The normalized spacial score (nSPS) is 10.3. The van der Waals surface area contributed by atoms with E-state index in [1.807, 2.05) is 0 Å². The molecule has 10 heteroatoms. The second kappa shape index (κ2) is 8.47. The Morgan fingerprint density at radius 2 is 1.96 bits per heavy atom. The molecular weight excluding hydrogens is 390 g/mol. The van der Waals surface area contributed by atoms with Crippen LogP contribution in [0.5, 0.6) is 5.75 Å². The van der Waals surface area contributed by atoms with E-state index < -0.39 is 4.92 Å². The molecule has 138 valence electrons. The van der Waals surface area contributed by atoms with Crippen LogP contribution in [0.1, 0.15) is 0 Å². The standard InChI is InChI=1S/C17H14ClN5O3S/c18-12-2-1-3-16(8-12)26-11-22-10-14(9-19-22)21-17(27)20-13-4-6-15(7-5-13)23(24)25/h1-10H,11H2,(H2,20,21,27). The first-order valence-electron chi connectivity index (χ1n) is 7.73. The third kappa shape index (κ3) is 5.40. The highest BCUT2D eigenvalue weighted by atomic mass is 35.5. The average Bonchev–Trinajstić information content (AvgIpc) is 3.07. The van der Waals surface area contributed by atoms with E-state index in [1.54, 1.807) is 53.5 Å². The Bertz CT molecular complexity index is 961. The molecule has 0 spiro atoms. The molecule has 0 bridgehead atoms. The summed E-state index contributed by atoms with van der Waals surface area (Å²) in [4.78, 5) is 10.2. The molecule has 3 rings (SSSR count).